The molecule has 0 atom stereocenters. The van der Waals surface area contributed by atoms with Crippen LogP contribution in [0.1, 0.15) is 12.1 Å². The second-order valence-corrected chi connectivity index (χ2v) is 1.92. The van der Waals surface area contributed by atoms with Crippen LogP contribution in [0.15, 0.2) is 24.4 Å². The zero-order valence-electron chi connectivity index (χ0n) is 5.96. The molecule has 0 saturated carbocycles. The molecule has 0 unspecified atom stereocenters. The minimum atomic E-state index is 0. The van der Waals surface area contributed by atoms with Crippen molar-refractivity contribution in [3.63, 3.8) is 0 Å². The van der Waals surface area contributed by atoms with Crippen LogP contribution >= 0.6 is 0 Å². The zero-order valence-corrected chi connectivity index (χ0v) is 8.79. The molecule has 10 heavy (non-hydrogen) atoms. The minimum Gasteiger partial charge on any atom is -0.343 e. The number of nitrogens with zero attached hydrogens (tertiary/aromatic N) is 1. The Morgan fingerprint density at radius 1 is 1.40 bits per heavy atom. The van der Waals surface area contributed by atoms with Crippen LogP contribution in [0.4, 0.5) is 0 Å². The Balaban J connectivity index is 0.000000810. The molecule has 0 spiro atoms. The average Bonchev–Trinajstić information content (AvgIpc) is 1.91. The van der Waals surface area contributed by atoms with Gasteiger partial charge in [0.05, 0.1) is 0 Å². The minimum absolute atomic E-state index is 0. The standard InChI is InChI=1S/C8H10N.Y/c1-2-5-8-6-3-4-7-9-8;/h3-4,6-7H,1-2,5H2;/q-1;. The van der Waals surface area contributed by atoms with Crippen molar-refractivity contribution in [1.82, 2.24) is 4.98 Å². The van der Waals surface area contributed by atoms with E-state index >= 15 is 0 Å². The maximum Gasteiger partial charge on any atom is 0.0378 e. The first-order chi connectivity index (χ1) is 4.43. The molecular weight excluding hydrogens is 199 g/mol. The fourth-order valence-corrected chi connectivity index (χ4v) is 0.727. The van der Waals surface area contributed by atoms with Gasteiger partial charge in [0.1, 0.15) is 0 Å². The summed E-state index contributed by atoms with van der Waals surface area (Å²) in [6.07, 6.45) is 3.73. The monoisotopic (exact) mass is 209 g/mol. The summed E-state index contributed by atoms with van der Waals surface area (Å²) in [7, 11) is 0. The molecule has 1 aromatic rings. The fraction of sp³-hybridized carbons (Fsp3) is 0.250. The van der Waals surface area contributed by atoms with Crippen molar-refractivity contribution in [1.29, 1.82) is 0 Å². The average molecular weight is 209 g/mol. The Labute approximate surface area is 87.1 Å². The maximum absolute atomic E-state index is 4.13. The summed E-state index contributed by atoms with van der Waals surface area (Å²) in [4.78, 5) is 4.13. The number of rotatable bonds is 2. The Morgan fingerprint density at radius 3 is 2.70 bits per heavy atom. The van der Waals surface area contributed by atoms with Gasteiger partial charge in [-0.2, -0.15) is 6.42 Å². The molecule has 0 aliphatic rings. The topological polar surface area (TPSA) is 12.9 Å². The van der Waals surface area contributed by atoms with Crippen molar-refractivity contribution in [2.24, 2.45) is 0 Å². The number of aryl methyl sites for hydroxylation is 1. The smallest absolute Gasteiger partial charge is 0.0378 e. The van der Waals surface area contributed by atoms with Crippen molar-refractivity contribution in [3.8, 4) is 0 Å². The summed E-state index contributed by atoms with van der Waals surface area (Å²) in [6.45, 7) is 3.74. The fourth-order valence-electron chi connectivity index (χ4n) is 0.727. The second-order valence-electron chi connectivity index (χ2n) is 1.92. The van der Waals surface area contributed by atoms with Gasteiger partial charge >= 0.3 is 0 Å². The first-order valence-corrected chi connectivity index (χ1v) is 3.12. The van der Waals surface area contributed by atoms with Gasteiger partial charge < -0.3 is 6.92 Å². The van der Waals surface area contributed by atoms with Crippen molar-refractivity contribution in [2.45, 2.75) is 12.8 Å². The molecule has 1 radical (unpaired) electrons. The summed E-state index contributed by atoms with van der Waals surface area (Å²) in [6, 6.07) is 5.94. The molecule has 2 heteroatoms. The maximum atomic E-state index is 4.13. The van der Waals surface area contributed by atoms with Gasteiger partial charge in [0.2, 0.25) is 0 Å². The molecule has 0 bridgehead atoms. The van der Waals surface area contributed by atoms with Crippen LogP contribution in [-0.2, 0) is 39.1 Å². The van der Waals surface area contributed by atoms with Gasteiger partial charge in [-0.05, 0) is 18.6 Å². The van der Waals surface area contributed by atoms with Crippen LogP contribution in [-0.4, -0.2) is 4.98 Å². The molecule has 0 aliphatic heterocycles. The van der Waals surface area contributed by atoms with E-state index in [4.69, 9.17) is 0 Å². The van der Waals surface area contributed by atoms with Crippen LogP contribution in [0.5, 0.6) is 0 Å². The summed E-state index contributed by atoms with van der Waals surface area (Å²) in [5, 5.41) is 0. The molecule has 1 aromatic heterocycles. The quantitative estimate of drug-likeness (QED) is 0.677. The van der Waals surface area contributed by atoms with Crippen LogP contribution in [0.2, 0.25) is 0 Å². The van der Waals surface area contributed by atoms with Crippen LogP contribution in [0.25, 0.3) is 0 Å². The van der Waals surface area contributed by atoms with Gasteiger partial charge in [-0.15, -0.1) is 0 Å². The van der Waals surface area contributed by atoms with Crippen LogP contribution in [0.3, 0.4) is 0 Å². The van der Waals surface area contributed by atoms with Crippen LogP contribution in [0, 0.1) is 6.92 Å². The Bertz CT molecular complexity index is 162. The third-order valence-corrected chi connectivity index (χ3v) is 1.16. The summed E-state index contributed by atoms with van der Waals surface area (Å²) >= 11 is 0. The molecule has 0 saturated heterocycles. The van der Waals surface area contributed by atoms with E-state index in [-0.39, 0.29) is 32.7 Å². The molecule has 0 aliphatic carbocycles. The second kappa shape index (κ2) is 6.00. The van der Waals surface area contributed by atoms with E-state index in [2.05, 4.69) is 11.9 Å². The van der Waals surface area contributed by atoms with Gasteiger partial charge in [0.15, 0.2) is 0 Å². The summed E-state index contributed by atoms with van der Waals surface area (Å²) in [5.41, 5.74) is 1.13. The molecule has 1 nitrogen and oxygen atoms in total. The number of pyridine rings is 1. The van der Waals surface area contributed by atoms with E-state index in [1.165, 1.54) is 0 Å². The largest absolute Gasteiger partial charge is 0.343 e. The molecule has 0 N–H and O–H groups in total. The van der Waals surface area contributed by atoms with E-state index in [0.717, 1.165) is 18.5 Å². The zero-order chi connectivity index (χ0) is 6.53. The SMILES string of the molecule is [CH2-]CCc1ccccn1.[Y]. The van der Waals surface area contributed by atoms with E-state index in [0.29, 0.717) is 0 Å². The molecule has 0 amide bonds. The normalized spacial score (nSPS) is 8.50. The predicted octanol–water partition coefficient (Wildman–Crippen LogP) is 1.85. The van der Waals surface area contributed by atoms with Gasteiger partial charge in [-0.25, -0.2) is 0 Å². The summed E-state index contributed by atoms with van der Waals surface area (Å²) < 4.78 is 0. The first-order valence-electron chi connectivity index (χ1n) is 3.12. The van der Waals surface area contributed by atoms with E-state index in [1.807, 2.05) is 24.4 Å². The van der Waals surface area contributed by atoms with Crippen LogP contribution < -0.4 is 0 Å². The molecule has 1 heterocycles. The molecule has 0 aromatic carbocycles. The van der Waals surface area contributed by atoms with E-state index < -0.39 is 0 Å². The first kappa shape index (κ1) is 10.3. The third kappa shape index (κ3) is 3.43. The molecule has 1 rings (SSSR count). The van der Waals surface area contributed by atoms with Crippen molar-refractivity contribution < 1.29 is 32.7 Å². The molecular formula is C8H10NY-. The van der Waals surface area contributed by atoms with Crippen molar-refractivity contribution in [2.75, 3.05) is 0 Å². The Morgan fingerprint density at radius 2 is 2.20 bits per heavy atom. The van der Waals surface area contributed by atoms with E-state index in [9.17, 15) is 0 Å². The van der Waals surface area contributed by atoms with Crippen molar-refractivity contribution in [3.05, 3.63) is 37.0 Å². The van der Waals surface area contributed by atoms with Gasteiger partial charge in [-0.3, -0.25) is 4.98 Å². The molecule has 51 valence electrons. The van der Waals surface area contributed by atoms with Crippen molar-refractivity contribution >= 4 is 0 Å². The number of hydrogen-bond acceptors (Lipinski definition) is 1. The van der Waals surface area contributed by atoms with Gasteiger partial charge in [-0.1, -0.05) is 6.07 Å². The predicted molar refractivity (Wildman–Crippen MR) is 37.9 cm³/mol. The Hall–Kier alpha value is 0.254. The van der Waals surface area contributed by atoms with Gasteiger partial charge in [0.25, 0.3) is 0 Å². The molecule has 0 fully saturated rings. The van der Waals surface area contributed by atoms with E-state index in [1.54, 1.807) is 0 Å². The third-order valence-electron chi connectivity index (χ3n) is 1.16. The van der Waals surface area contributed by atoms with Gasteiger partial charge in [0, 0.05) is 44.6 Å². The number of hydrogen-bond donors (Lipinski definition) is 0. The number of aromatic nitrogens is 1. The summed E-state index contributed by atoms with van der Waals surface area (Å²) in [5.74, 6) is 0. The Kier molecular flexibility index (Phi) is 6.15.